The minimum absolute atomic E-state index is 0.0111. The molecule has 2 aromatic rings. The van der Waals surface area contributed by atoms with Gasteiger partial charge in [-0.15, -0.1) is 0 Å². The lowest BCUT2D eigenvalue weighted by molar-refractivity contribution is -0.134. The summed E-state index contributed by atoms with van der Waals surface area (Å²) in [6, 6.07) is 10.2. The van der Waals surface area contributed by atoms with Crippen LogP contribution in [-0.2, 0) is 16.1 Å². The molecule has 1 aromatic heterocycles. The quantitative estimate of drug-likeness (QED) is 0.656. The maximum absolute atomic E-state index is 13.2. The number of furan rings is 1. The predicted molar refractivity (Wildman–Crippen MR) is 117 cm³/mol. The van der Waals surface area contributed by atoms with Gasteiger partial charge in [-0.05, 0) is 51.0 Å². The number of rotatable bonds is 9. The molecule has 1 aliphatic rings. The van der Waals surface area contributed by atoms with Crippen LogP contribution < -0.4 is 10.1 Å². The van der Waals surface area contributed by atoms with Crippen molar-refractivity contribution in [3.05, 3.63) is 48.4 Å². The Morgan fingerprint density at radius 1 is 1.26 bits per heavy atom. The molecular formula is C23H31N3O5. The van der Waals surface area contributed by atoms with Gasteiger partial charge in [0.15, 0.2) is 0 Å². The first kappa shape index (κ1) is 22.7. The van der Waals surface area contributed by atoms with E-state index in [2.05, 4.69) is 5.32 Å². The predicted octanol–water partition coefficient (Wildman–Crippen LogP) is 3.74. The van der Waals surface area contributed by atoms with E-state index in [4.69, 9.17) is 13.9 Å². The molecule has 1 fully saturated rings. The van der Waals surface area contributed by atoms with E-state index in [0.29, 0.717) is 36.9 Å². The van der Waals surface area contributed by atoms with Crippen molar-refractivity contribution in [3.8, 4) is 5.75 Å². The highest BCUT2D eigenvalue weighted by molar-refractivity contribution is 5.92. The average Bonchev–Trinajstić information content (AvgIpc) is 3.45. The topological polar surface area (TPSA) is 84.3 Å². The molecule has 1 aliphatic heterocycles. The molecule has 8 nitrogen and oxygen atoms in total. The van der Waals surface area contributed by atoms with Crippen LogP contribution in [0.1, 0.15) is 32.4 Å². The van der Waals surface area contributed by atoms with E-state index in [1.807, 2.05) is 19.9 Å². The van der Waals surface area contributed by atoms with Gasteiger partial charge in [0.25, 0.3) is 0 Å². The van der Waals surface area contributed by atoms with E-state index in [1.54, 1.807) is 48.6 Å². The van der Waals surface area contributed by atoms with Crippen LogP contribution in [0.2, 0.25) is 0 Å². The first-order valence-electron chi connectivity index (χ1n) is 10.6. The van der Waals surface area contributed by atoms with Crippen molar-refractivity contribution in [1.82, 2.24) is 9.80 Å². The van der Waals surface area contributed by atoms with Crippen molar-refractivity contribution in [2.24, 2.45) is 0 Å². The molecule has 1 atom stereocenters. The molecule has 8 heteroatoms. The third-order valence-electron chi connectivity index (χ3n) is 5.24. The minimum atomic E-state index is -0.341. The van der Waals surface area contributed by atoms with E-state index in [-0.39, 0.29) is 30.6 Å². The van der Waals surface area contributed by atoms with Crippen molar-refractivity contribution in [2.75, 3.05) is 32.1 Å². The molecule has 1 saturated heterocycles. The molecule has 0 aliphatic carbocycles. The second-order valence-corrected chi connectivity index (χ2v) is 7.87. The Kier molecular flexibility index (Phi) is 7.94. The fourth-order valence-electron chi connectivity index (χ4n) is 3.51. The van der Waals surface area contributed by atoms with Gasteiger partial charge in [-0.3, -0.25) is 4.79 Å². The Bertz CT molecular complexity index is 847. The number of benzene rings is 1. The number of carbonyl (C=O) groups excluding carboxylic acids is 2. The van der Waals surface area contributed by atoms with Crippen LogP contribution in [0.5, 0.6) is 5.75 Å². The van der Waals surface area contributed by atoms with Crippen molar-refractivity contribution in [3.63, 3.8) is 0 Å². The lowest BCUT2D eigenvalue weighted by Gasteiger charge is -2.31. The number of hydrogen-bond donors (Lipinski definition) is 1. The standard InChI is InChI=1S/C23H31N3O5/c1-17(2)26(23(28)24-18-7-4-8-19(13-18)29-3)16-22(27)25(14-20-9-5-11-30-20)15-21-10-6-12-31-21/h4-5,7-9,11,13,17,21H,6,10,12,14-16H2,1-3H3,(H,24,28). The zero-order valence-electron chi connectivity index (χ0n) is 18.4. The molecule has 31 heavy (non-hydrogen) atoms. The highest BCUT2D eigenvalue weighted by Crippen LogP contribution is 2.19. The summed E-state index contributed by atoms with van der Waals surface area (Å²) in [7, 11) is 1.57. The van der Waals surface area contributed by atoms with Gasteiger partial charge in [-0.1, -0.05) is 6.07 Å². The van der Waals surface area contributed by atoms with Crippen LogP contribution >= 0.6 is 0 Å². The van der Waals surface area contributed by atoms with Crippen molar-refractivity contribution in [1.29, 1.82) is 0 Å². The Balaban J connectivity index is 1.68. The molecule has 168 valence electrons. The van der Waals surface area contributed by atoms with E-state index in [0.717, 1.165) is 12.8 Å². The zero-order valence-corrected chi connectivity index (χ0v) is 18.4. The van der Waals surface area contributed by atoms with Crippen LogP contribution in [0, 0.1) is 0 Å². The van der Waals surface area contributed by atoms with Gasteiger partial charge in [0.2, 0.25) is 5.91 Å². The van der Waals surface area contributed by atoms with Crippen LogP contribution in [-0.4, -0.2) is 60.7 Å². The molecule has 0 radical (unpaired) electrons. The molecule has 1 aromatic carbocycles. The Morgan fingerprint density at radius 2 is 2.10 bits per heavy atom. The summed E-state index contributed by atoms with van der Waals surface area (Å²) >= 11 is 0. The number of ether oxygens (including phenoxy) is 2. The fraction of sp³-hybridized carbons (Fsp3) is 0.478. The van der Waals surface area contributed by atoms with Gasteiger partial charge >= 0.3 is 6.03 Å². The third kappa shape index (κ3) is 6.49. The molecule has 2 heterocycles. The van der Waals surface area contributed by atoms with Crippen LogP contribution in [0.15, 0.2) is 47.1 Å². The Morgan fingerprint density at radius 3 is 2.74 bits per heavy atom. The number of nitrogens with zero attached hydrogens (tertiary/aromatic N) is 2. The second kappa shape index (κ2) is 10.9. The summed E-state index contributed by atoms with van der Waals surface area (Å²) in [4.78, 5) is 29.4. The SMILES string of the molecule is COc1cccc(NC(=O)N(CC(=O)N(Cc2ccco2)CC2CCCO2)C(C)C)c1. The van der Waals surface area contributed by atoms with E-state index < -0.39 is 0 Å². The molecule has 0 spiro atoms. The highest BCUT2D eigenvalue weighted by atomic mass is 16.5. The summed E-state index contributed by atoms with van der Waals surface area (Å²) in [6.07, 6.45) is 3.52. The highest BCUT2D eigenvalue weighted by Gasteiger charge is 2.27. The number of carbonyl (C=O) groups is 2. The molecule has 1 N–H and O–H groups in total. The van der Waals surface area contributed by atoms with Gasteiger partial charge in [0.1, 0.15) is 18.1 Å². The lowest BCUT2D eigenvalue weighted by Crippen LogP contribution is -2.48. The largest absolute Gasteiger partial charge is 0.497 e. The third-order valence-corrected chi connectivity index (χ3v) is 5.24. The monoisotopic (exact) mass is 429 g/mol. The van der Waals surface area contributed by atoms with Gasteiger partial charge in [-0.2, -0.15) is 0 Å². The first-order chi connectivity index (χ1) is 15.0. The van der Waals surface area contributed by atoms with Crippen LogP contribution in [0.3, 0.4) is 0 Å². The van der Waals surface area contributed by atoms with Crippen molar-refractivity contribution < 1.29 is 23.5 Å². The minimum Gasteiger partial charge on any atom is -0.497 e. The Hall–Kier alpha value is -3.00. The second-order valence-electron chi connectivity index (χ2n) is 7.87. The smallest absolute Gasteiger partial charge is 0.322 e. The summed E-state index contributed by atoms with van der Waals surface area (Å²) in [5.41, 5.74) is 0.606. The maximum Gasteiger partial charge on any atom is 0.322 e. The van der Waals surface area contributed by atoms with Crippen LogP contribution in [0.4, 0.5) is 10.5 Å². The Labute approximate surface area is 183 Å². The molecule has 3 amide bonds. The molecular weight excluding hydrogens is 398 g/mol. The van der Waals surface area contributed by atoms with Crippen molar-refractivity contribution >= 4 is 17.6 Å². The van der Waals surface area contributed by atoms with Gasteiger partial charge in [0, 0.05) is 30.9 Å². The number of urea groups is 1. The fourth-order valence-corrected chi connectivity index (χ4v) is 3.51. The van der Waals surface area contributed by atoms with Gasteiger partial charge in [-0.25, -0.2) is 4.79 Å². The maximum atomic E-state index is 13.2. The zero-order chi connectivity index (χ0) is 22.2. The number of methoxy groups -OCH3 is 1. The van der Waals surface area contributed by atoms with E-state index in [1.165, 1.54) is 4.90 Å². The number of anilines is 1. The van der Waals surface area contributed by atoms with Crippen molar-refractivity contribution in [2.45, 2.75) is 45.4 Å². The van der Waals surface area contributed by atoms with Gasteiger partial charge in [0.05, 0.1) is 26.0 Å². The van der Waals surface area contributed by atoms with Gasteiger partial charge < -0.3 is 29.0 Å². The molecule has 3 rings (SSSR count). The molecule has 0 saturated carbocycles. The summed E-state index contributed by atoms with van der Waals surface area (Å²) in [6.45, 7) is 5.26. The number of amides is 3. The normalized spacial score (nSPS) is 15.7. The lowest BCUT2D eigenvalue weighted by atomic mass is 10.2. The summed E-state index contributed by atoms with van der Waals surface area (Å²) in [5.74, 6) is 1.19. The number of hydrogen-bond acceptors (Lipinski definition) is 5. The molecule has 0 bridgehead atoms. The summed E-state index contributed by atoms with van der Waals surface area (Å²) in [5, 5.41) is 2.85. The molecule has 1 unspecified atom stereocenters. The number of nitrogens with one attached hydrogen (secondary N) is 1. The average molecular weight is 430 g/mol. The van der Waals surface area contributed by atoms with Crippen LogP contribution in [0.25, 0.3) is 0 Å². The van der Waals surface area contributed by atoms with E-state index >= 15 is 0 Å². The summed E-state index contributed by atoms with van der Waals surface area (Å²) < 4.78 is 16.4. The first-order valence-corrected chi connectivity index (χ1v) is 10.6. The van der Waals surface area contributed by atoms with E-state index in [9.17, 15) is 9.59 Å².